The molecular weight excluding hydrogens is 354 g/mol. The van der Waals surface area contributed by atoms with Gasteiger partial charge < -0.3 is 4.74 Å². The molecule has 0 aliphatic heterocycles. The minimum Gasteiger partial charge on any atom is -0.489 e. The highest BCUT2D eigenvalue weighted by molar-refractivity contribution is 9.10. The Kier molecular flexibility index (Phi) is 6.69. The number of benzene rings is 1. The van der Waals surface area contributed by atoms with Gasteiger partial charge >= 0.3 is 0 Å². The van der Waals surface area contributed by atoms with Crippen molar-refractivity contribution in [3.63, 3.8) is 0 Å². The number of ether oxygens (including phenoxy) is 1. The van der Waals surface area contributed by atoms with E-state index in [1.165, 1.54) is 10.6 Å². The molecule has 0 amide bonds. The molecule has 0 aliphatic carbocycles. The van der Waals surface area contributed by atoms with E-state index in [1.807, 2.05) is 39.8 Å². The molecule has 21 heavy (non-hydrogen) atoms. The van der Waals surface area contributed by atoms with Gasteiger partial charge in [-0.25, -0.2) is 8.42 Å². The van der Waals surface area contributed by atoms with Gasteiger partial charge in [0.1, 0.15) is 11.9 Å². The van der Waals surface area contributed by atoms with Crippen molar-refractivity contribution < 1.29 is 13.2 Å². The SMILES string of the molecule is CCC(CN(CC)S(C)(=O)=O)Oc1cc(C)c(Br)c(C)c1. The predicted octanol–water partition coefficient (Wildman–Crippen LogP) is 3.50. The molecule has 0 aromatic heterocycles. The minimum absolute atomic E-state index is 0.153. The van der Waals surface area contributed by atoms with Crippen molar-refractivity contribution in [3.8, 4) is 5.75 Å². The first-order valence-corrected chi connectivity index (χ1v) is 9.71. The van der Waals surface area contributed by atoms with Gasteiger partial charge in [-0.15, -0.1) is 0 Å². The van der Waals surface area contributed by atoms with Crippen LogP contribution >= 0.6 is 15.9 Å². The summed E-state index contributed by atoms with van der Waals surface area (Å²) in [5.41, 5.74) is 2.21. The van der Waals surface area contributed by atoms with Crippen LogP contribution in [0.15, 0.2) is 16.6 Å². The van der Waals surface area contributed by atoms with Gasteiger partial charge in [0, 0.05) is 11.0 Å². The Morgan fingerprint density at radius 1 is 1.24 bits per heavy atom. The first-order valence-electron chi connectivity index (χ1n) is 7.07. The van der Waals surface area contributed by atoms with Gasteiger partial charge in [-0.05, 0) is 43.5 Å². The van der Waals surface area contributed by atoms with E-state index in [9.17, 15) is 8.42 Å². The van der Waals surface area contributed by atoms with Gasteiger partial charge in [0.05, 0.1) is 12.8 Å². The Balaban J connectivity index is 2.88. The third kappa shape index (κ3) is 5.27. The third-order valence-corrected chi connectivity index (χ3v) is 5.99. The summed E-state index contributed by atoms with van der Waals surface area (Å²) in [7, 11) is -3.19. The van der Waals surface area contributed by atoms with Crippen molar-refractivity contribution in [2.45, 2.75) is 40.2 Å². The molecule has 1 rings (SSSR count). The molecule has 0 saturated carbocycles. The molecule has 0 aliphatic rings. The molecule has 1 unspecified atom stereocenters. The van der Waals surface area contributed by atoms with Gasteiger partial charge in [0.2, 0.25) is 10.0 Å². The maximum Gasteiger partial charge on any atom is 0.211 e. The van der Waals surface area contributed by atoms with Crippen molar-refractivity contribution in [2.24, 2.45) is 0 Å². The second-order valence-electron chi connectivity index (χ2n) is 5.23. The van der Waals surface area contributed by atoms with E-state index >= 15 is 0 Å². The molecule has 0 saturated heterocycles. The zero-order valence-electron chi connectivity index (χ0n) is 13.3. The molecule has 1 aromatic carbocycles. The number of sulfonamides is 1. The summed E-state index contributed by atoms with van der Waals surface area (Å²) in [6.45, 7) is 8.69. The van der Waals surface area contributed by atoms with E-state index < -0.39 is 10.0 Å². The van der Waals surface area contributed by atoms with E-state index in [-0.39, 0.29) is 6.10 Å². The van der Waals surface area contributed by atoms with E-state index in [0.717, 1.165) is 27.8 Å². The minimum atomic E-state index is -3.19. The number of aryl methyl sites for hydroxylation is 2. The maximum absolute atomic E-state index is 11.7. The van der Waals surface area contributed by atoms with Gasteiger partial charge in [-0.1, -0.05) is 29.8 Å². The Morgan fingerprint density at radius 3 is 2.14 bits per heavy atom. The maximum atomic E-state index is 11.7. The smallest absolute Gasteiger partial charge is 0.211 e. The summed E-state index contributed by atoms with van der Waals surface area (Å²) in [5, 5.41) is 0. The second-order valence-corrected chi connectivity index (χ2v) is 8.01. The fourth-order valence-electron chi connectivity index (χ4n) is 2.14. The molecular formula is C15H24BrNO3S. The Hall–Kier alpha value is -0.590. The second kappa shape index (κ2) is 7.61. The largest absolute Gasteiger partial charge is 0.489 e. The highest BCUT2D eigenvalue weighted by Gasteiger charge is 2.20. The van der Waals surface area contributed by atoms with Gasteiger partial charge in [0.15, 0.2) is 0 Å². The normalized spacial score (nSPS) is 13.5. The highest BCUT2D eigenvalue weighted by Crippen LogP contribution is 2.27. The van der Waals surface area contributed by atoms with Crippen LogP contribution in [0.4, 0.5) is 0 Å². The fourth-order valence-corrected chi connectivity index (χ4v) is 3.28. The number of hydrogen-bond acceptors (Lipinski definition) is 3. The average molecular weight is 378 g/mol. The summed E-state index contributed by atoms with van der Waals surface area (Å²) in [4.78, 5) is 0. The Morgan fingerprint density at radius 2 is 1.76 bits per heavy atom. The summed E-state index contributed by atoms with van der Waals surface area (Å²) < 4.78 is 31.9. The van der Waals surface area contributed by atoms with Crippen LogP contribution in [0.2, 0.25) is 0 Å². The summed E-state index contributed by atoms with van der Waals surface area (Å²) in [6, 6.07) is 3.94. The molecule has 6 heteroatoms. The molecule has 1 aromatic rings. The fraction of sp³-hybridized carbons (Fsp3) is 0.600. The quantitative estimate of drug-likeness (QED) is 0.730. The molecule has 0 bridgehead atoms. The van der Waals surface area contributed by atoms with Crippen LogP contribution in [0, 0.1) is 13.8 Å². The first kappa shape index (κ1) is 18.5. The number of halogens is 1. The van der Waals surface area contributed by atoms with Crippen LogP contribution < -0.4 is 4.74 Å². The van der Waals surface area contributed by atoms with E-state index in [4.69, 9.17) is 4.74 Å². The Labute approximate surface area is 136 Å². The predicted molar refractivity (Wildman–Crippen MR) is 90.4 cm³/mol. The first-order chi connectivity index (χ1) is 9.68. The van der Waals surface area contributed by atoms with E-state index in [1.54, 1.807) is 0 Å². The van der Waals surface area contributed by atoms with Crippen molar-refractivity contribution in [3.05, 3.63) is 27.7 Å². The number of nitrogens with zero attached hydrogens (tertiary/aromatic N) is 1. The molecule has 0 heterocycles. The van der Waals surface area contributed by atoms with Crippen LogP contribution in [-0.4, -0.2) is 38.2 Å². The molecule has 0 N–H and O–H groups in total. The monoisotopic (exact) mass is 377 g/mol. The van der Waals surface area contributed by atoms with Crippen LogP contribution in [0.1, 0.15) is 31.4 Å². The lowest BCUT2D eigenvalue weighted by Crippen LogP contribution is -2.38. The van der Waals surface area contributed by atoms with Crippen molar-refractivity contribution in [1.29, 1.82) is 0 Å². The van der Waals surface area contributed by atoms with Gasteiger partial charge in [-0.3, -0.25) is 0 Å². The summed E-state index contributed by atoms with van der Waals surface area (Å²) >= 11 is 3.53. The topological polar surface area (TPSA) is 46.6 Å². The molecule has 120 valence electrons. The van der Waals surface area contributed by atoms with Gasteiger partial charge in [0.25, 0.3) is 0 Å². The van der Waals surface area contributed by atoms with Crippen LogP contribution in [0.3, 0.4) is 0 Å². The van der Waals surface area contributed by atoms with Crippen molar-refractivity contribution in [2.75, 3.05) is 19.3 Å². The molecule has 0 radical (unpaired) electrons. The summed E-state index contributed by atoms with van der Waals surface area (Å²) in [5.74, 6) is 0.782. The molecule has 1 atom stereocenters. The zero-order chi connectivity index (χ0) is 16.2. The molecule has 4 nitrogen and oxygen atoms in total. The number of likely N-dealkylation sites (N-methyl/N-ethyl adjacent to an activating group) is 1. The lowest BCUT2D eigenvalue weighted by molar-refractivity contribution is 0.167. The molecule has 0 spiro atoms. The van der Waals surface area contributed by atoms with Gasteiger partial charge in [-0.2, -0.15) is 4.31 Å². The number of hydrogen-bond donors (Lipinski definition) is 0. The van der Waals surface area contributed by atoms with Crippen LogP contribution in [0.25, 0.3) is 0 Å². The van der Waals surface area contributed by atoms with Crippen molar-refractivity contribution in [1.82, 2.24) is 4.31 Å². The highest BCUT2D eigenvalue weighted by atomic mass is 79.9. The third-order valence-electron chi connectivity index (χ3n) is 3.40. The van der Waals surface area contributed by atoms with Crippen LogP contribution in [-0.2, 0) is 10.0 Å². The van der Waals surface area contributed by atoms with Crippen molar-refractivity contribution >= 4 is 26.0 Å². The zero-order valence-corrected chi connectivity index (χ0v) is 15.7. The lowest BCUT2D eigenvalue weighted by atomic mass is 10.1. The average Bonchev–Trinajstić information content (AvgIpc) is 2.39. The van der Waals surface area contributed by atoms with E-state index in [2.05, 4.69) is 15.9 Å². The summed E-state index contributed by atoms with van der Waals surface area (Å²) in [6.07, 6.45) is 1.83. The standard InChI is InChI=1S/C15H24BrNO3S/c1-6-13(10-17(7-2)21(5,18)19)20-14-8-11(3)15(16)12(4)9-14/h8-9,13H,6-7,10H2,1-5H3. The van der Waals surface area contributed by atoms with E-state index in [0.29, 0.717) is 13.1 Å². The molecule has 0 fully saturated rings. The number of rotatable bonds is 7. The van der Waals surface area contributed by atoms with Crippen LogP contribution in [0.5, 0.6) is 5.75 Å². The lowest BCUT2D eigenvalue weighted by Gasteiger charge is -2.25. The Bertz CT molecular complexity index is 564.